The first-order valence-corrected chi connectivity index (χ1v) is 6.45. The summed E-state index contributed by atoms with van der Waals surface area (Å²) in [6, 6.07) is 6.09. The van der Waals surface area contributed by atoms with E-state index < -0.39 is 0 Å². The lowest BCUT2D eigenvalue weighted by atomic mass is 9.93. The molecular formula is C13H19Cl2N. The molecule has 0 saturated heterocycles. The lowest BCUT2D eigenvalue weighted by molar-refractivity contribution is 0.386. The van der Waals surface area contributed by atoms with Gasteiger partial charge in [-0.25, -0.2) is 0 Å². The Labute approximate surface area is 108 Å². The van der Waals surface area contributed by atoms with Crippen LogP contribution in [0.5, 0.6) is 0 Å². The molecule has 0 aromatic heterocycles. The smallest absolute Gasteiger partial charge is 0.0453 e. The molecule has 0 aliphatic rings. The zero-order valence-electron chi connectivity index (χ0n) is 10.1. The van der Waals surface area contributed by atoms with E-state index in [2.05, 4.69) is 19.2 Å². The minimum atomic E-state index is 0.419. The molecule has 3 heteroatoms. The molecule has 0 amide bonds. The molecule has 0 radical (unpaired) electrons. The van der Waals surface area contributed by atoms with E-state index in [0.717, 1.165) is 28.5 Å². The van der Waals surface area contributed by atoms with E-state index in [1.165, 1.54) is 0 Å². The molecule has 0 spiro atoms. The highest BCUT2D eigenvalue weighted by atomic mass is 35.5. The van der Waals surface area contributed by atoms with E-state index in [-0.39, 0.29) is 0 Å². The summed E-state index contributed by atoms with van der Waals surface area (Å²) in [4.78, 5) is 0. The zero-order valence-corrected chi connectivity index (χ0v) is 11.6. The first-order valence-electron chi connectivity index (χ1n) is 5.70. The van der Waals surface area contributed by atoms with Crippen molar-refractivity contribution < 1.29 is 0 Å². The van der Waals surface area contributed by atoms with Crippen LogP contribution in [0.3, 0.4) is 0 Å². The molecule has 1 rings (SSSR count). The first-order chi connectivity index (χ1) is 7.60. The van der Waals surface area contributed by atoms with Crippen molar-refractivity contribution in [3.63, 3.8) is 0 Å². The number of halogens is 2. The minimum Gasteiger partial charge on any atom is -0.316 e. The van der Waals surface area contributed by atoms with Crippen LogP contribution in [0.15, 0.2) is 18.2 Å². The molecule has 0 heterocycles. The fourth-order valence-corrected chi connectivity index (χ4v) is 2.37. The Balaban J connectivity index is 2.85. The van der Waals surface area contributed by atoms with Gasteiger partial charge in [-0.1, -0.05) is 49.5 Å². The second-order valence-electron chi connectivity index (χ2n) is 4.19. The van der Waals surface area contributed by atoms with E-state index in [1.807, 2.05) is 25.2 Å². The van der Waals surface area contributed by atoms with Crippen LogP contribution in [-0.2, 0) is 6.42 Å². The van der Waals surface area contributed by atoms with Crippen LogP contribution in [0.4, 0.5) is 0 Å². The van der Waals surface area contributed by atoms with Crippen molar-refractivity contribution in [1.82, 2.24) is 5.32 Å². The number of hydrogen-bond acceptors (Lipinski definition) is 1. The number of hydrogen-bond donors (Lipinski definition) is 1. The molecule has 0 saturated carbocycles. The van der Waals surface area contributed by atoms with Gasteiger partial charge in [0, 0.05) is 16.1 Å². The molecular weight excluding hydrogens is 241 g/mol. The molecule has 0 bridgehead atoms. The van der Waals surface area contributed by atoms with E-state index >= 15 is 0 Å². The fourth-order valence-electron chi connectivity index (χ4n) is 1.82. The van der Waals surface area contributed by atoms with Crippen molar-refractivity contribution in [2.45, 2.75) is 32.7 Å². The molecule has 1 aromatic rings. The van der Waals surface area contributed by atoms with Gasteiger partial charge >= 0.3 is 0 Å². The summed E-state index contributed by atoms with van der Waals surface area (Å²) < 4.78 is 0. The van der Waals surface area contributed by atoms with Crippen molar-refractivity contribution in [1.29, 1.82) is 0 Å². The second-order valence-corrected chi connectivity index (χ2v) is 5.00. The lowest BCUT2D eigenvalue weighted by Gasteiger charge is -2.23. The molecule has 1 N–H and O–H groups in total. The van der Waals surface area contributed by atoms with Crippen LogP contribution in [-0.4, -0.2) is 13.1 Å². The second kappa shape index (κ2) is 6.48. The molecule has 0 aliphatic heterocycles. The Hall–Kier alpha value is -0.240. The van der Waals surface area contributed by atoms with Gasteiger partial charge in [0.05, 0.1) is 0 Å². The Morgan fingerprint density at radius 2 is 1.81 bits per heavy atom. The van der Waals surface area contributed by atoms with Crippen LogP contribution in [0.1, 0.15) is 25.8 Å². The average Bonchev–Trinajstić information content (AvgIpc) is 2.28. The number of rotatable bonds is 5. The lowest BCUT2D eigenvalue weighted by Crippen LogP contribution is -2.34. The SMILES string of the molecule is CCC(C)C(Cc1c(Cl)cccc1Cl)NC. The van der Waals surface area contributed by atoms with Gasteiger partial charge in [0.1, 0.15) is 0 Å². The van der Waals surface area contributed by atoms with Gasteiger partial charge < -0.3 is 5.32 Å². The third kappa shape index (κ3) is 3.38. The van der Waals surface area contributed by atoms with Crippen molar-refractivity contribution in [3.8, 4) is 0 Å². The third-order valence-electron chi connectivity index (χ3n) is 3.19. The highest BCUT2D eigenvalue weighted by Gasteiger charge is 2.17. The van der Waals surface area contributed by atoms with Gasteiger partial charge in [-0.15, -0.1) is 0 Å². The molecule has 0 fully saturated rings. The maximum atomic E-state index is 6.17. The standard InChI is InChI=1S/C13H19Cl2N/c1-4-9(2)13(16-3)8-10-11(14)6-5-7-12(10)15/h5-7,9,13,16H,4,8H2,1-3H3. The maximum Gasteiger partial charge on any atom is 0.0453 e. The van der Waals surface area contributed by atoms with E-state index in [1.54, 1.807) is 0 Å². The minimum absolute atomic E-state index is 0.419. The number of nitrogens with one attached hydrogen (secondary N) is 1. The molecule has 2 unspecified atom stereocenters. The van der Waals surface area contributed by atoms with Crippen LogP contribution < -0.4 is 5.32 Å². The van der Waals surface area contributed by atoms with Gasteiger partial charge in [0.15, 0.2) is 0 Å². The zero-order chi connectivity index (χ0) is 12.1. The summed E-state index contributed by atoms with van der Waals surface area (Å²) in [5, 5.41) is 4.86. The van der Waals surface area contributed by atoms with Gasteiger partial charge in [0.2, 0.25) is 0 Å². The van der Waals surface area contributed by atoms with E-state index in [0.29, 0.717) is 12.0 Å². The van der Waals surface area contributed by atoms with Crippen molar-refractivity contribution in [2.75, 3.05) is 7.05 Å². The molecule has 1 aromatic carbocycles. The molecule has 16 heavy (non-hydrogen) atoms. The molecule has 1 nitrogen and oxygen atoms in total. The molecule has 90 valence electrons. The van der Waals surface area contributed by atoms with Crippen molar-refractivity contribution in [2.24, 2.45) is 5.92 Å². The summed E-state index contributed by atoms with van der Waals surface area (Å²) in [5.41, 5.74) is 1.05. The normalized spacial score (nSPS) is 14.8. The van der Waals surface area contributed by atoms with Crippen molar-refractivity contribution in [3.05, 3.63) is 33.8 Å². The van der Waals surface area contributed by atoms with Crippen LogP contribution in [0.2, 0.25) is 10.0 Å². The summed E-state index contributed by atoms with van der Waals surface area (Å²) in [5.74, 6) is 0.609. The first kappa shape index (κ1) is 13.8. The number of likely N-dealkylation sites (N-methyl/N-ethyl adjacent to an activating group) is 1. The van der Waals surface area contributed by atoms with Gasteiger partial charge in [0.25, 0.3) is 0 Å². The highest BCUT2D eigenvalue weighted by molar-refractivity contribution is 6.35. The van der Waals surface area contributed by atoms with Crippen LogP contribution in [0.25, 0.3) is 0 Å². The predicted molar refractivity (Wildman–Crippen MR) is 72.5 cm³/mol. The summed E-state index contributed by atoms with van der Waals surface area (Å²) >= 11 is 12.3. The van der Waals surface area contributed by atoms with Crippen LogP contribution in [0, 0.1) is 5.92 Å². The van der Waals surface area contributed by atoms with E-state index in [4.69, 9.17) is 23.2 Å². The Bertz CT molecular complexity index is 318. The summed E-state index contributed by atoms with van der Waals surface area (Å²) in [6.07, 6.45) is 2.03. The fraction of sp³-hybridized carbons (Fsp3) is 0.538. The van der Waals surface area contributed by atoms with Crippen LogP contribution >= 0.6 is 23.2 Å². The Kier molecular flexibility index (Phi) is 5.60. The van der Waals surface area contributed by atoms with Gasteiger partial charge in [-0.05, 0) is 37.1 Å². The molecule has 0 aliphatic carbocycles. The predicted octanol–water partition coefficient (Wildman–Crippen LogP) is 4.17. The van der Waals surface area contributed by atoms with Crippen molar-refractivity contribution >= 4 is 23.2 Å². The van der Waals surface area contributed by atoms with E-state index in [9.17, 15) is 0 Å². The topological polar surface area (TPSA) is 12.0 Å². The summed E-state index contributed by atoms with van der Waals surface area (Å²) in [6.45, 7) is 4.44. The quantitative estimate of drug-likeness (QED) is 0.837. The molecule has 2 atom stereocenters. The number of benzene rings is 1. The summed E-state index contributed by atoms with van der Waals surface area (Å²) in [7, 11) is 1.99. The highest BCUT2D eigenvalue weighted by Crippen LogP contribution is 2.27. The van der Waals surface area contributed by atoms with Gasteiger partial charge in [-0.2, -0.15) is 0 Å². The maximum absolute atomic E-state index is 6.17. The monoisotopic (exact) mass is 259 g/mol. The average molecular weight is 260 g/mol. The Morgan fingerprint density at radius 3 is 2.25 bits per heavy atom. The van der Waals surface area contributed by atoms with Gasteiger partial charge in [-0.3, -0.25) is 0 Å². The Morgan fingerprint density at radius 1 is 1.25 bits per heavy atom. The largest absolute Gasteiger partial charge is 0.316 e. The third-order valence-corrected chi connectivity index (χ3v) is 3.90.